The number of nitrogens with one attached hydrogen (secondary N) is 3. The van der Waals surface area contributed by atoms with E-state index in [-0.39, 0.29) is 5.56 Å². The van der Waals surface area contributed by atoms with Crippen molar-refractivity contribution in [2.75, 3.05) is 22.1 Å². The number of hydrogen-bond acceptors (Lipinski definition) is 6. The van der Waals surface area contributed by atoms with Crippen molar-refractivity contribution in [1.29, 1.82) is 5.41 Å². The lowest BCUT2D eigenvalue weighted by Gasteiger charge is -2.20. The van der Waals surface area contributed by atoms with Gasteiger partial charge in [0.25, 0.3) is 5.91 Å². The van der Waals surface area contributed by atoms with Gasteiger partial charge in [0, 0.05) is 40.6 Å². The SMILES string of the molecule is CC(O)C(=O)O.N=C1CCCN1c1ccc(NC(=O)[C@H](OC(=O)Nc2ccc(Cl)cc2)c2ccccc2F)cc1. The number of carboxylic acid groups (broad SMARTS) is 1. The fraction of sp³-hybridized carbons (Fsp3) is 0.214. The number of amides is 2. The molecular weight excluding hydrogens is 543 g/mol. The number of rotatable bonds is 7. The highest BCUT2D eigenvalue weighted by molar-refractivity contribution is 6.30. The number of anilines is 3. The Bertz CT molecular complexity index is 1350. The van der Waals surface area contributed by atoms with Crippen LogP contribution in [-0.2, 0) is 14.3 Å². The predicted molar refractivity (Wildman–Crippen MR) is 149 cm³/mol. The summed E-state index contributed by atoms with van der Waals surface area (Å²) in [7, 11) is 0. The van der Waals surface area contributed by atoms with E-state index in [1.807, 2.05) is 4.90 Å². The minimum Gasteiger partial charge on any atom is -0.479 e. The van der Waals surface area contributed by atoms with Crippen LogP contribution in [0.5, 0.6) is 0 Å². The van der Waals surface area contributed by atoms with Gasteiger partial charge in [0.15, 0.2) is 0 Å². The van der Waals surface area contributed by atoms with Crippen molar-refractivity contribution in [3.05, 3.63) is 89.2 Å². The second-order valence-electron chi connectivity index (χ2n) is 8.69. The first-order chi connectivity index (χ1) is 19.0. The number of nitrogens with zero attached hydrogens (tertiary/aromatic N) is 1. The van der Waals surface area contributed by atoms with E-state index in [2.05, 4.69) is 10.6 Å². The Morgan fingerprint density at radius 3 is 2.12 bits per heavy atom. The molecule has 210 valence electrons. The number of carbonyl (C=O) groups is 3. The largest absolute Gasteiger partial charge is 0.479 e. The van der Waals surface area contributed by atoms with Gasteiger partial charge >= 0.3 is 12.1 Å². The van der Waals surface area contributed by atoms with Gasteiger partial charge in [0.05, 0.1) is 0 Å². The molecule has 0 saturated carbocycles. The molecule has 0 spiro atoms. The molecule has 1 fully saturated rings. The third kappa shape index (κ3) is 8.52. The lowest BCUT2D eigenvalue weighted by atomic mass is 10.1. The van der Waals surface area contributed by atoms with Crippen LogP contribution in [0.25, 0.3) is 0 Å². The van der Waals surface area contributed by atoms with Gasteiger partial charge < -0.3 is 25.2 Å². The van der Waals surface area contributed by atoms with Crippen molar-refractivity contribution >= 4 is 52.5 Å². The summed E-state index contributed by atoms with van der Waals surface area (Å²) in [6, 6.07) is 18.9. The average Bonchev–Trinajstić information content (AvgIpc) is 3.35. The lowest BCUT2D eigenvalue weighted by molar-refractivity contribution is -0.145. The van der Waals surface area contributed by atoms with Crippen LogP contribution in [0.3, 0.4) is 0 Å². The van der Waals surface area contributed by atoms with E-state index in [1.54, 1.807) is 54.6 Å². The lowest BCUT2D eigenvalue weighted by Crippen LogP contribution is -2.28. The Morgan fingerprint density at radius 1 is 1.00 bits per heavy atom. The number of aliphatic carboxylic acids is 1. The van der Waals surface area contributed by atoms with Crippen molar-refractivity contribution in [2.45, 2.75) is 32.0 Å². The van der Waals surface area contributed by atoms with Gasteiger partial charge in [-0.3, -0.25) is 15.5 Å². The van der Waals surface area contributed by atoms with E-state index in [4.69, 9.17) is 32.0 Å². The molecule has 40 heavy (non-hydrogen) atoms. The highest BCUT2D eigenvalue weighted by atomic mass is 35.5. The number of ether oxygens (including phenoxy) is 1. The van der Waals surface area contributed by atoms with Gasteiger partial charge in [0.2, 0.25) is 6.10 Å². The van der Waals surface area contributed by atoms with Gasteiger partial charge in [-0.25, -0.2) is 14.0 Å². The van der Waals surface area contributed by atoms with Gasteiger partial charge in [0.1, 0.15) is 17.8 Å². The number of halogens is 2. The number of carboxylic acids is 1. The van der Waals surface area contributed by atoms with Gasteiger partial charge in [-0.05, 0) is 67.9 Å². The summed E-state index contributed by atoms with van der Waals surface area (Å²) in [5, 5.41) is 29.4. The van der Waals surface area contributed by atoms with Gasteiger partial charge in [-0.15, -0.1) is 0 Å². The fourth-order valence-corrected chi connectivity index (χ4v) is 3.75. The monoisotopic (exact) mass is 570 g/mol. The van der Waals surface area contributed by atoms with Gasteiger partial charge in [-0.1, -0.05) is 29.8 Å². The molecule has 1 aliphatic heterocycles. The first-order valence-corrected chi connectivity index (χ1v) is 12.6. The summed E-state index contributed by atoms with van der Waals surface area (Å²) < 4.78 is 19.8. The van der Waals surface area contributed by atoms with E-state index >= 15 is 0 Å². The van der Waals surface area contributed by atoms with E-state index in [0.717, 1.165) is 25.1 Å². The molecule has 0 bridgehead atoms. The molecule has 3 aromatic carbocycles. The third-order valence-corrected chi connectivity index (χ3v) is 5.92. The number of hydrogen-bond donors (Lipinski definition) is 5. The summed E-state index contributed by atoms with van der Waals surface area (Å²) in [4.78, 5) is 36.9. The molecule has 1 unspecified atom stereocenters. The standard InChI is InChI=1S/C25H22ClFN4O3.C3H6O3/c26-16-7-9-18(10-8-16)30-25(33)34-23(20-4-1-2-5-21(20)27)24(32)29-17-11-13-19(14-12-17)31-15-3-6-22(31)28;1-2(4)3(5)6/h1-2,4-5,7-14,23,28H,3,6,15H2,(H,29,32)(H,30,33);2,4H,1H3,(H,5,6)/t23-;/m1./s1. The summed E-state index contributed by atoms with van der Waals surface area (Å²) in [5.41, 5.74) is 1.63. The minimum absolute atomic E-state index is 0.0756. The highest BCUT2D eigenvalue weighted by Crippen LogP contribution is 2.26. The Balaban J connectivity index is 0.000000663. The van der Waals surface area contributed by atoms with Crippen molar-refractivity contribution in [3.63, 3.8) is 0 Å². The van der Waals surface area contributed by atoms with E-state index in [9.17, 15) is 18.8 Å². The first-order valence-electron chi connectivity index (χ1n) is 12.2. The Labute approximate surface area is 234 Å². The molecular formula is C28H28ClFN4O6. The zero-order valence-electron chi connectivity index (χ0n) is 21.4. The molecule has 2 amide bonds. The van der Waals surface area contributed by atoms with Crippen LogP contribution in [0.2, 0.25) is 5.02 Å². The Hall–Kier alpha value is -4.48. The van der Waals surface area contributed by atoms with Gasteiger partial charge in [-0.2, -0.15) is 0 Å². The van der Waals surface area contributed by atoms with Crippen LogP contribution in [0.15, 0.2) is 72.8 Å². The normalized spacial score (nSPS) is 13.9. The molecule has 1 saturated heterocycles. The molecule has 4 rings (SSSR count). The Morgan fingerprint density at radius 2 is 1.57 bits per heavy atom. The molecule has 0 radical (unpaired) electrons. The van der Waals surface area contributed by atoms with Crippen LogP contribution < -0.4 is 15.5 Å². The third-order valence-electron chi connectivity index (χ3n) is 5.67. The maximum Gasteiger partial charge on any atom is 0.412 e. The van der Waals surface area contributed by atoms with Crippen LogP contribution in [-0.4, -0.2) is 46.7 Å². The Kier molecular flexibility index (Phi) is 10.6. The molecule has 0 aliphatic carbocycles. The van der Waals surface area contributed by atoms with Crippen molar-refractivity contribution in [2.24, 2.45) is 0 Å². The molecule has 1 aliphatic rings. The first kappa shape index (κ1) is 30.1. The summed E-state index contributed by atoms with van der Waals surface area (Å²) in [6.07, 6.45) is -2.02. The van der Waals surface area contributed by atoms with E-state index < -0.39 is 36.0 Å². The zero-order valence-corrected chi connectivity index (χ0v) is 22.2. The molecule has 3 aromatic rings. The van der Waals surface area contributed by atoms with E-state index in [1.165, 1.54) is 25.1 Å². The molecule has 1 heterocycles. The number of aliphatic hydroxyl groups is 1. The number of benzene rings is 3. The molecule has 2 atom stereocenters. The maximum atomic E-state index is 14.5. The van der Waals surface area contributed by atoms with Crippen molar-refractivity contribution in [1.82, 2.24) is 0 Å². The molecule has 10 nitrogen and oxygen atoms in total. The molecule has 12 heteroatoms. The molecule has 5 N–H and O–H groups in total. The topological polar surface area (TPSA) is 152 Å². The second kappa shape index (κ2) is 14.1. The van der Waals surface area contributed by atoms with Crippen molar-refractivity contribution < 1.29 is 33.7 Å². The minimum atomic E-state index is -1.53. The predicted octanol–water partition coefficient (Wildman–Crippen LogP) is 5.44. The smallest absolute Gasteiger partial charge is 0.412 e. The second-order valence-corrected chi connectivity index (χ2v) is 9.13. The fourth-order valence-electron chi connectivity index (χ4n) is 3.63. The quantitative estimate of drug-likeness (QED) is 0.254. The molecule has 0 aromatic heterocycles. The van der Waals surface area contributed by atoms with Crippen LogP contribution in [0.1, 0.15) is 31.4 Å². The summed E-state index contributed by atoms with van der Waals surface area (Å²) >= 11 is 5.85. The maximum absolute atomic E-state index is 14.5. The number of aliphatic hydroxyl groups excluding tert-OH is 1. The summed E-state index contributed by atoms with van der Waals surface area (Å²) in [5.74, 6) is -2.02. The van der Waals surface area contributed by atoms with Crippen LogP contribution in [0.4, 0.5) is 26.2 Å². The van der Waals surface area contributed by atoms with Crippen molar-refractivity contribution in [3.8, 4) is 0 Å². The van der Waals surface area contributed by atoms with Crippen LogP contribution in [0, 0.1) is 11.2 Å². The number of carbonyl (C=O) groups excluding carboxylic acids is 2. The summed E-state index contributed by atoms with van der Waals surface area (Å²) in [6.45, 7) is 1.97. The number of amidine groups is 1. The van der Waals surface area contributed by atoms with E-state index in [0.29, 0.717) is 22.2 Å². The average molecular weight is 571 g/mol. The van der Waals surface area contributed by atoms with Crippen LogP contribution >= 0.6 is 11.6 Å². The highest BCUT2D eigenvalue weighted by Gasteiger charge is 2.28. The zero-order chi connectivity index (χ0) is 29.2.